The van der Waals surface area contributed by atoms with Gasteiger partial charge in [-0.1, -0.05) is 12.1 Å². The van der Waals surface area contributed by atoms with E-state index in [1.807, 2.05) is 0 Å². The first-order chi connectivity index (χ1) is 14.4. The Hall–Kier alpha value is -3.39. The number of hydrogen-bond acceptors (Lipinski definition) is 8. The zero-order valence-corrected chi connectivity index (χ0v) is 17.5. The molecule has 31 heavy (non-hydrogen) atoms. The zero-order chi connectivity index (χ0) is 23.0. The number of benzene rings is 3. The summed E-state index contributed by atoms with van der Waals surface area (Å²) in [6, 6.07) is 10.1. The molecule has 5 N–H and O–H groups in total. The Bertz CT molecular complexity index is 1450. The number of nitrogen functional groups attached to an aromatic ring is 1. The molecule has 0 spiro atoms. The number of carbonyl (C=O) groups is 1. The van der Waals surface area contributed by atoms with Gasteiger partial charge in [0, 0.05) is 23.4 Å². The lowest BCUT2D eigenvalue weighted by atomic mass is 10.1. The SMILES string of the molecule is CC(=O)Nc1cc(N)ccc1N=Nc1cc(S(=O)(=O)O)c2cccc(S(=O)(=O)O)c2c1. The second kappa shape index (κ2) is 8.03. The standard InChI is InChI=1S/C18H16N4O7S2/c1-10(23)20-16-7-11(19)5-6-15(16)22-21-12-8-14-13(18(9-12)31(27,28)29)3-2-4-17(14)30(24,25)26/h2-9H,19H2,1H3,(H,20,23)(H,24,25,26)(H,27,28,29). The van der Waals surface area contributed by atoms with Crippen LogP contribution in [0.4, 0.5) is 22.7 Å². The first-order valence-electron chi connectivity index (χ1n) is 8.47. The van der Waals surface area contributed by atoms with Crippen molar-refractivity contribution in [3.63, 3.8) is 0 Å². The fraction of sp³-hybridized carbons (Fsp3) is 0.0556. The van der Waals surface area contributed by atoms with Crippen molar-refractivity contribution in [2.45, 2.75) is 16.7 Å². The summed E-state index contributed by atoms with van der Waals surface area (Å²) in [4.78, 5) is 10.2. The molecular weight excluding hydrogens is 448 g/mol. The molecule has 3 aromatic rings. The van der Waals surface area contributed by atoms with Gasteiger partial charge in [0.25, 0.3) is 20.2 Å². The van der Waals surface area contributed by atoms with E-state index in [0.717, 1.165) is 12.1 Å². The Morgan fingerprint density at radius 2 is 1.58 bits per heavy atom. The highest BCUT2D eigenvalue weighted by Gasteiger charge is 2.21. The van der Waals surface area contributed by atoms with Gasteiger partial charge in [0.05, 0.1) is 11.4 Å². The number of amides is 1. The number of fused-ring (bicyclic) bond motifs is 1. The Kier molecular flexibility index (Phi) is 5.78. The van der Waals surface area contributed by atoms with Gasteiger partial charge in [-0.15, -0.1) is 5.11 Å². The van der Waals surface area contributed by atoms with E-state index in [2.05, 4.69) is 15.5 Å². The van der Waals surface area contributed by atoms with Crippen molar-refractivity contribution >= 4 is 59.7 Å². The van der Waals surface area contributed by atoms with Crippen molar-refractivity contribution in [2.75, 3.05) is 11.1 Å². The van der Waals surface area contributed by atoms with Gasteiger partial charge in [-0.25, -0.2) is 0 Å². The largest absolute Gasteiger partial charge is 0.399 e. The number of nitrogens with one attached hydrogen (secondary N) is 1. The highest BCUT2D eigenvalue weighted by atomic mass is 32.2. The second-order valence-electron chi connectivity index (χ2n) is 6.40. The lowest BCUT2D eigenvalue weighted by molar-refractivity contribution is -0.114. The Labute approximate surface area is 177 Å². The molecule has 0 aliphatic heterocycles. The van der Waals surface area contributed by atoms with Gasteiger partial charge in [0.1, 0.15) is 15.5 Å². The Morgan fingerprint density at radius 3 is 2.19 bits per heavy atom. The van der Waals surface area contributed by atoms with E-state index in [1.54, 1.807) is 0 Å². The maximum Gasteiger partial charge on any atom is 0.295 e. The summed E-state index contributed by atoms with van der Waals surface area (Å²) >= 11 is 0. The summed E-state index contributed by atoms with van der Waals surface area (Å²) in [7, 11) is -9.49. The summed E-state index contributed by atoms with van der Waals surface area (Å²) in [6.45, 7) is 1.28. The lowest BCUT2D eigenvalue weighted by Crippen LogP contribution is -2.06. The second-order valence-corrected chi connectivity index (χ2v) is 9.18. The van der Waals surface area contributed by atoms with Crippen LogP contribution in [0.25, 0.3) is 10.8 Å². The fourth-order valence-electron chi connectivity index (χ4n) is 2.85. The summed E-state index contributed by atoms with van der Waals surface area (Å²) in [5.41, 5.74) is 6.33. The smallest absolute Gasteiger partial charge is 0.295 e. The lowest BCUT2D eigenvalue weighted by Gasteiger charge is -2.09. The average molecular weight is 464 g/mol. The van der Waals surface area contributed by atoms with E-state index in [-0.39, 0.29) is 33.7 Å². The van der Waals surface area contributed by atoms with Crippen molar-refractivity contribution in [1.82, 2.24) is 0 Å². The first kappa shape index (κ1) is 22.3. The minimum absolute atomic E-state index is 0.136. The van der Waals surface area contributed by atoms with Gasteiger partial charge in [-0.2, -0.15) is 21.9 Å². The zero-order valence-electron chi connectivity index (χ0n) is 15.8. The number of nitrogens with zero attached hydrogens (tertiary/aromatic N) is 2. The third-order valence-corrected chi connectivity index (χ3v) is 5.87. The molecule has 13 heteroatoms. The van der Waals surface area contributed by atoms with Crippen LogP contribution in [0.3, 0.4) is 0 Å². The van der Waals surface area contributed by atoms with Gasteiger partial charge >= 0.3 is 0 Å². The summed E-state index contributed by atoms with van der Waals surface area (Å²) in [5.74, 6) is -0.390. The topological polar surface area (TPSA) is 189 Å². The number of anilines is 2. The van der Waals surface area contributed by atoms with Crippen LogP contribution in [-0.2, 0) is 25.0 Å². The number of rotatable bonds is 5. The predicted octanol–water partition coefficient (Wildman–Crippen LogP) is 3.29. The molecule has 0 radical (unpaired) electrons. The predicted molar refractivity (Wildman–Crippen MR) is 113 cm³/mol. The molecule has 0 aliphatic rings. The molecule has 0 bridgehead atoms. The molecule has 0 saturated heterocycles. The molecule has 0 aromatic heterocycles. The Balaban J connectivity index is 2.24. The number of carbonyl (C=O) groups excluding carboxylic acids is 1. The molecule has 11 nitrogen and oxygen atoms in total. The van der Waals surface area contributed by atoms with Gasteiger partial charge in [-0.05, 0) is 36.4 Å². The van der Waals surface area contributed by atoms with E-state index < -0.39 is 30.0 Å². The molecule has 0 saturated carbocycles. The summed E-state index contributed by atoms with van der Waals surface area (Å²) in [6.07, 6.45) is 0. The molecule has 162 valence electrons. The molecule has 3 rings (SSSR count). The summed E-state index contributed by atoms with van der Waals surface area (Å²) in [5, 5.41) is 10.1. The van der Waals surface area contributed by atoms with Gasteiger partial charge in [0.2, 0.25) is 5.91 Å². The van der Waals surface area contributed by atoms with Crippen molar-refractivity contribution in [2.24, 2.45) is 10.2 Å². The average Bonchev–Trinajstić information content (AvgIpc) is 2.64. The molecule has 0 atom stereocenters. The van der Waals surface area contributed by atoms with Crippen LogP contribution < -0.4 is 11.1 Å². The highest BCUT2D eigenvalue weighted by Crippen LogP contribution is 2.35. The van der Waals surface area contributed by atoms with Crippen molar-refractivity contribution in [1.29, 1.82) is 0 Å². The quantitative estimate of drug-likeness (QED) is 0.251. The molecular formula is C18H16N4O7S2. The summed E-state index contributed by atoms with van der Waals surface area (Å²) < 4.78 is 66.2. The van der Waals surface area contributed by atoms with Crippen molar-refractivity contribution in [3.05, 3.63) is 48.5 Å². The van der Waals surface area contributed by atoms with Gasteiger partial charge < -0.3 is 11.1 Å². The molecule has 0 fully saturated rings. The van der Waals surface area contributed by atoms with Crippen LogP contribution >= 0.6 is 0 Å². The molecule has 0 aliphatic carbocycles. The molecule has 0 heterocycles. The monoisotopic (exact) mass is 464 g/mol. The third-order valence-electron chi connectivity index (χ3n) is 4.06. The van der Waals surface area contributed by atoms with Crippen molar-refractivity contribution in [3.8, 4) is 0 Å². The Morgan fingerprint density at radius 1 is 0.903 bits per heavy atom. The fourth-order valence-corrected chi connectivity index (χ4v) is 4.27. The van der Waals surface area contributed by atoms with E-state index >= 15 is 0 Å². The third kappa shape index (κ3) is 5.03. The maximum absolute atomic E-state index is 11.9. The number of nitrogens with two attached hydrogens (primary N) is 1. The molecule has 3 aromatic carbocycles. The van der Waals surface area contributed by atoms with E-state index in [4.69, 9.17) is 5.73 Å². The van der Waals surface area contributed by atoms with Crippen LogP contribution in [-0.4, -0.2) is 31.8 Å². The van der Waals surface area contributed by atoms with Crippen LogP contribution in [0.15, 0.2) is 68.6 Å². The van der Waals surface area contributed by atoms with Gasteiger partial charge in [-0.3, -0.25) is 13.9 Å². The van der Waals surface area contributed by atoms with Crippen LogP contribution in [0.2, 0.25) is 0 Å². The normalized spacial score (nSPS) is 12.4. The maximum atomic E-state index is 11.9. The van der Waals surface area contributed by atoms with Crippen LogP contribution in [0, 0.1) is 0 Å². The van der Waals surface area contributed by atoms with Crippen LogP contribution in [0.1, 0.15) is 6.92 Å². The van der Waals surface area contributed by atoms with Crippen molar-refractivity contribution < 1.29 is 30.7 Å². The molecule has 1 amide bonds. The first-order valence-corrected chi connectivity index (χ1v) is 11.3. The number of azo groups is 1. The van der Waals surface area contributed by atoms with E-state index in [9.17, 15) is 30.7 Å². The molecule has 0 unspecified atom stereocenters. The van der Waals surface area contributed by atoms with Crippen LogP contribution in [0.5, 0.6) is 0 Å². The number of hydrogen-bond donors (Lipinski definition) is 4. The highest BCUT2D eigenvalue weighted by molar-refractivity contribution is 7.86. The van der Waals surface area contributed by atoms with E-state index in [1.165, 1.54) is 43.3 Å². The minimum atomic E-state index is -4.78. The van der Waals surface area contributed by atoms with E-state index in [0.29, 0.717) is 5.69 Å². The minimum Gasteiger partial charge on any atom is -0.399 e. The van der Waals surface area contributed by atoms with Gasteiger partial charge in [0.15, 0.2) is 0 Å².